The molecule has 0 heterocycles. The van der Waals surface area contributed by atoms with Gasteiger partial charge in [0.15, 0.2) is 0 Å². The normalized spacial score (nSPS) is 14.7. The average Bonchev–Trinajstić information content (AvgIpc) is 2.29. The Hall–Kier alpha value is -0.610. The van der Waals surface area contributed by atoms with Crippen LogP contribution in [0.2, 0.25) is 0 Å². The van der Waals surface area contributed by atoms with Crippen molar-refractivity contribution >= 4 is 5.91 Å². The van der Waals surface area contributed by atoms with E-state index in [1.54, 1.807) is 0 Å². The standard InChI is InChI=1S/C14H31N3O/c1-5-7-8-11-17(4)12-9-10-14(3,13(15)18)16-6-2/h16H,5-12H2,1-4H3,(H2,15,18). The van der Waals surface area contributed by atoms with E-state index >= 15 is 0 Å². The monoisotopic (exact) mass is 257 g/mol. The van der Waals surface area contributed by atoms with Crippen molar-refractivity contribution in [3.8, 4) is 0 Å². The summed E-state index contributed by atoms with van der Waals surface area (Å²) in [5.74, 6) is -0.252. The van der Waals surface area contributed by atoms with E-state index in [0.29, 0.717) is 0 Å². The molecule has 0 bridgehead atoms. The lowest BCUT2D eigenvalue weighted by atomic mass is 9.94. The lowest BCUT2D eigenvalue weighted by Crippen LogP contribution is -2.53. The number of rotatable bonds is 11. The summed E-state index contributed by atoms with van der Waals surface area (Å²) in [5.41, 5.74) is 4.90. The summed E-state index contributed by atoms with van der Waals surface area (Å²) in [6, 6.07) is 0. The first-order chi connectivity index (χ1) is 8.46. The number of hydrogen-bond donors (Lipinski definition) is 2. The minimum atomic E-state index is -0.557. The molecule has 0 saturated heterocycles. The third-order valence-corrected chi connectivity index (χ3v) is 3.47. The van der Waals surface area contributed by atoms with Crippen molar-refractivity contribution in [2.75, 3.05) is 26.7 Å². The molecule has 0 radical (unpaired) electrons. The molecule has 0 fully saturated rings. The van der Waals surface area contributed by atoms with E-state index in [9.17, 15) is 4.79 Å². The number of carbonyl (C=O) groups excluding carboxylic acids is 1. The second-order valence-electron chi connectivity index (χ2n) is 5.34. The minimum absolute atomic E-state index is 0.252. The van der Waals surface area contributed by atoms with Crippen LogP contribution in [0.4, 0.5) is 0 Å². The number of carbonyl (C=O) groups is 1. The van der Waals surface area contributed by atoms with Gasteiger partial charge in [-0.15, -0.1) is 0 Å². The number of amides is 1. The Morgan fingerprint density at radius 1 is 1.22 bits per heavy atom. The van der Waals surface area contributed by atoms with Crippen molar-refractivity contribution in [1.82, 2.24) is 10.2 Å². The molecule has 0 aromatic rings. The number of nitrogens with zero attached hydrogens (tertiary/aromatic N) is 1. The molecule has 4 nitrogen and oxygen atoms in total. The van der Waals surface area contributed by atoms with Crippen molar-refractivity contribution in [3.63, 3.8) is 0 Å². The van der Waals surface area contributed by atoms with E-state index in [0.717, 1.165) is 32.5 Å². The highest BCUT2D eigenvalue weighted by molar-refractivity contribution is 5.84. The molecular weight excluding hydrogens is 226 g/mol. The molecule has 18 heavy (non-hydrogen) atoms. The predicted molar refractivity (Wildman–Crippen MR) is 77.5 cm³/mol. The zero-order chi connectivity index (χ0) is 14.0. The van der Waals surface area contributed by atoms with Crippen LogP contribution < -0.4 is 11.1 Å². The van der Waals surface area contributed by atoms with Gasteiger partial charge in [0, 0.05) is 0 Å². The molecule has 0 saturated carbocycles. The van der Waals surface area contributed by atoms with Gasteiger partial charge in [-0.3, -0.25) is 4.79 Å². The molecule has 1 atom stereocenters. The Kier molecular flexibility index (Phi) is 9.02. The number of nitrogens with two attached hydrogens (primary N) is 1. The third kappa shape index (κ3) is 6.97. The van der Waals surface area contributed by atoms with Gasteiger partial charge in [-0.25, -0.2) is 0 Å². The summed E-state index contributed by atoms with van der Waals surface area (Å²) >= 11 is 0. The van der Waals surface area contributed by atoms with E-state index in [2.05, 4.69) is 24.2 Å². The lowest BCUT2D eigenvalue weighted by Gasteiger charge is -2.28. The van der Waals surface area contributed by atoms with E-state index in [1.165, 1.54) is 19.3 Å². The first kappa shape index (κ1) is 17.4. The molecule has 0 aromatic carbocycles. The second-order valence-corrected chi connectivity index (χ2v) is 5.34. The van der Waals surface area contributed by atoms with Gasteiger partial charge in [-0.05, 0) is 52.9 Å². The number of primary amides is 1. The molecule has 1 unspecified atom stereocenters. The van der Waals surface area contributed by atoms with E-state index in [1.807, 2.05) is 13.8 Å². The summed E-state index contributed by atoms with van der Waals surface area (Å²) in [5, 5.41) is 3.19. The van der Waals surface area contributed by atoms with Crippen LogP contribution in [0.1, 0.15) is 52.9 Å². The predicted octanol–water partition coefficient (Wildman–Crippen LogP) is 1.74. The van der Waals surface area contributed by atoms with Crippen LogP contribution in [-0.4, -0.2) is 43.0 Å². The van der Waals surface area contributed by atoms with E-state index < -0.39 is 5.54 Å². The van der Waals surface area contributed by atoms with E-state index in [-0.39, 0.29) is 5.91 Å². The number of hydrogen-bond acceptors (Lipinski definition) is 3. The summed E-state index contributed by atoms with van der Waals surface area (Å²) < 4.78 is 0. The molecule has 0 aliphatic carbocycles. The average molecular weight is 257 g/mol. The fourth-order valence-electron chi connectivity index (χ4n) is 2.13. The Labute approximate surface area is 112 Å². The Bertz CT molecular complexity index is 233. The van der Waals surface area contributed by atoms with Gasteiger partial charge in [0.05, 0.1) is 5.54 Å². The van der Waals surface area contributed by atoms with Crippen LogP contribution >= 0.6 is 0 Å². The summed E-state index contributed by atoms with van der Waals surface area (Å²) in [4.78, 5) is 13.8. The van der Waals surface area contributed by atoms with Crippen LogP contribution in [0, 0.1) is 0 Å². The molecule has 0 aromatic heterocycles. The highest BCUT2D eigenvalue weighted by Gasteiger charge is 2.28. The third-order valence-electron chi connectivity index (χ3n) is 3.47. The number of likely N-dealkylation sites (N-methyl/N-ethyl adjacent to an activating group) is 1. The summed E-state index contributed by atoms with van der Waals surface area (Å²) in [6.07, 6.45) is 5.60. The molecule has 0 aliphatic heterocycles. The zero-order valence-corrected chi connectivity index (χ0v) is 12.6. The number of nitrogens with one attached hydrogen (secondary N) is 1. The Morgan fingerprint density at radius 3 is 2.33 bits per heavy atom. The SMILES string of the molecule is CCCCCN(C)CCCC(C)(NCC)C(N)=O. The molecule has 0 rings (SSSR count). The van der Waals surface area contributed by atoms with Crippen LogP contribution in [0.5, 0.6) is 0 Å². The smallest absolute Gasteiger partial charge is 0.237 e. The maximum absolute atomic E-state index is 11.4. The second kappa shape index (κ2) is 9.34. The van der Waals surface area contributed by atoms with Gasteiger partial charge in [0.2, 0.25) is 5.91 Å². The molecule has 1 amide bonds. The van der Waals surface area contributed by atoms with E-state index in [4.69, 9.17) is 5.73 Å². The zero-order valence-electron chi connectivity index (χ0n) is 12.6. The molecule has 4 heteroatoms. The fraction of sp³-hybridized carbons (Fsp3) is 0.929. The van der Waals surface area contributed by atoms with Gasteiger partial charge in [-0.1, -0.05) is 26.7 Å². The maximum Gasteiger partial charge on any atom is 0.237 e. The highest BCUT2D eigenvalue weighted by atomic mass is 16.1. The van der Waals surface area contributed by atoms with Gasteiger partial charge < -0.3 is 16.0 Å². The van der Waals surface area contributed by atoms with Gasteiger partial charge in [0.1, 0.15) is 0 Å². The Balaban J connectivity index is 3.88. The van der Waals surface area contributed by atoms with Crippen molar-refractivity contribution in [1.29, 1.82) is 0 Å². The largest absolute Gasteiger partial charge is 0.368 e. The molecule has 108 valence electrons. The van der Waals surface area contributed by atoms with Crippen molar-refractivity contribution in [2.45, 2.75) is 58.4 Å². The first-order valence-corrected chi connectivity index (χ1v) is 7.19. The maximum atomic E-state index is 11.4. The van der Waals surface area contributed by atoms with Crippen LogP contribution in [0.25, 0.3) is 0 Å². The van der Waals surface area contributed by atoms with Gasteiger partial charge in [-0.2, -0.15) is 0 Å². The summed E-state index contributed by atoms with van der Waals surface area (Å²) in [6.45, 7) is 9.05. The fourth-order valence-corrected chi connectivity index (χ4v) is 2.13. The van der Waals surface area contributed by atoms with Crippen molar-refractivity contribution in [3.05, 3.63) is 0 Å². The van der Waals surface area contributed by atoms with Crippen LogP contribution in [0.15, 0.2) is 0 Å². The lowest BCUT2D eigenvalue weighted by molar-refractivity contribution is -0.124. The van der Waals surface area contributed by atoms with Gasteiger partial charge >= 0.3 is 0 Å². The molecular formula is C14H31N3O. The minimum Gasteiger partial charge on any atom is -0.368 e. The number of unbranched alkanes of at least 4 members (excludes halogenated alkanes) is 2. The van der Waals surface area contributed by atoms with Crippen LogP contribution in [0.3, 0.4) is 0 Å². The summed E-state index contributed by atoms with van der Waals surface area (Å²) in [7, 11) is 2.14. The quantitative estimate of drug-likeness (QED) is 0.554. The molecule has 0 spiro atoms. The van der Waals surface area contributed by atoms with Gasteiger partial charge in [0.25, 0.3) is 0 Å². The van der Waals surface area contributed by atoms with Crippen molar-refractivity contribution in [2.24, 2.45) is 5.73 Å². The molecule has 3 N–H and O–H groups in total. The Morgan fingerprint density at radius 2 is 1.83 bits per heavy atom. The topological polar surface area (TPSA) is 58.4 Å². The molecule has 0 aliphatic rings. The first-order valence-electron chi connectivity index (χ1n) is 7.19. The van der Waals surface area contributed by atoms with Crippen LogP contribution in [-0.2, 0) is 4.79 Å². The van der Waals surface area contributed by atoms with Crippen molar-refractivity contribution < 1.29 is 4.79 Å². The highest BCUT2D eigenvalue weighted by Crippen LogP contribution is 2.12.